The van der Waals surface area contributed by atoms with Crippen LogP contribution in [0.25, 0.3) is 0 Å². The van der Waals surface area contributed by atoms with Crippen molar-refractivity contribution in [1.29, 1.82) is 10.8 Å². The molecule has 0 amide bonds. The van der Waals surface area contributed by atoms with Crippen LogP contribution < -0.4 is 22.3 Å². The van der Waals surface area contributed by atoms with E-state index in [-0.39, 0.29) is 21.8 Å². The average molecular weight is 440 g/mol. The molecule has 0 saturated carbocycles. The van der Waals surface area contributed by atoms with Crippen LogP contribution in [0.2, 0.25) is 5.02 Å². The van der Waals surface area contributed by atoms with E-state index in [0.29, 0.717) is 22.2 Å². The summed E-state index contributed by atoms with van der Waals surface area (Å²) in [5.41, 5.74) is 12.4. The summed E-state index contributed by atoms with van der Waals surface area (Å²) in [7, 11) is 1.89. The number of amidine groups is 1. The number of nitrogens with one attached hydrogen (secondary N) is 2. The molecule has 1 aromatic carbocycles. The lowest BCUT2D eigenvalue weighted by Crippen LogP contribution is -2.44. The second-order valence-corrected chi connectivity index (χ2v) is 9.64. The lowest BCUT2D eigenvalue weighted by molar-refractivity contribution is 0.255. The molecule has 0 bridgehead atoms. The van der Waals surface area contributed by atoms with Crippen LogP contribution >= 0.6 is 23.4 Å². The number of hydrazine groups is 1. The molecule has 1 aromatic rings. The molecule has 1 atom stereocenters. The van der Waals surface area contributed by atoms with Gasteiger partial charge >= 0.3 is 0 Å². The standard InChI is InChI=1S/C20H34ClN7S/c1-13(2)10-15(12-20(3,4)25)27(5)19(24)29-18(23)16-7-6-14(11-17(16)21)28(26)9-8-22/h6-9,11,13,15,23-24H,10,12,22,25-26H2,1-5H3/b9-8-,23-18?,24-19?. The Morgan fingerprint density at radius 3 is 2.41 bits per heavy atom. The van der Waals surface area contributed by atoms with Gasteiger partial charge in [-0.3, -0.25) is 15.8 Å². The summed E-state index contributed by atoms with van der Waals surface area (Å²) < 4.78 is 0. The van der Waals surface area contributed by atoms with Gasteiger partial charge in [-0.25, -0.2) is 5.84 Å². The van der Waals surface area contributed by atoms with E-state index in [0.717, 1.165) is 24.6 Å². The highest BCUT2D eigenvalue weighted by atomic mass is 35.5. The van der Waals surface area contributed by atoms with E-state index < -0.39 is 0 Å². The molecule has 0 fully saturated rings. The summed E-state index contributed by atoms with van der Waals surface area (Å²) in [6.45, 7) is 8.31. The molecule has 0 aliphatic rings. The maximum Gasteiger partial charge on any atom is 0.162 e. The number of nitrogens with zero attached hydrogens (tertiary/aromatic N) is 2. The van der Waals surface area contributed by atoms with Crippen molar-refractivity contribution in [3.8, 4) is 0 Å². The first-order valence-electron chi connectivity index (χ1n) is 9.44. The van der Waals surface area contributed by atoms with Gasteiger partial charge < -0.3 is 16.4 Å². The molecule has 0 saturated heterocycles. The zero-order valence-electron chi connectivity index (χ0n) is 17.9. The molecule has 1 unspecified atom stereocenters. The number of benzene rings is 1. The van der Waals surface area contributed by atoms with Crippen molar-refractivity contribution in [3.05, 3.63) is 41.2 Å². The number of nitrogens with two attached hydrogens (primary N) is 3. The van der Waals surface area contributed by atoms with E-state index in [1.165, 1.54) is 17.4 Å². The molecule has 9 heteroatoms. The van der Waals surface area contributed by atoms with E-state index >= 15 is 0 Å². The van der Waals surface area contributed by atoms with E-state index in [9.17, 15) is 0 Å². The molecule has 0 aliphatic heterocycles. The highest BCUT2D eigenvalue weighted by molar-refractivity contribution is 8.26. The minimum absolute atomic E-state index is 0.120. The minimum atomic E-state index is -0.336. The molecular formula is C20H34ClN7S. The van der Waals surface area contributed by atoms with Crippen molar-refractivity contribution < 1.29 is 0 Å². The monoisotopic (exact) mass is 439 g/mol. The minimum Gasteiger partial charge on any atom is -0.403 e. The van der Waals surface area contributed by atoms with Gasteiger partial charge in [0.05, 0.1) is 10.7 Å². The van der Waals surface area contributed by atoms with E-state index in [1.807, 2.05) is 25.8 Å². The molecule has 0 spiro atoms. The van der Waals surface area contributed by atoms with Gasteiger partial charge in [0.15, 0.2) is 5.17 Å². The Morgan fingerprint density at radius 2 is 1.93 bits per heavy atom. The molecular weight excluding hydrogens is 406 g/mol. The maximum atomic E-state index is 8.51. The van der Waals surface area contributed by atoms with E-state index in [1.54, 1.807) is 18.2 Å². The Kier molecular flexibility index (Phi) is 9.48. The second-order valence-electron chi connectivity index (χ2n) is 8.24. The topological polar surface area (TPSA) is 132 Å². The van der Waals surface area contributed by atoms with Crippen LogP contribution in [0.15, 0.2) is 30.6 Å². The Balaban J connectivity index is 2.92. The van der Waals surface area contributed by atoms with Crippen molar-refractivity contribution >= 4 is 39.3 Å². The molecule has 29 heavy (non-hydrogen) atoms. The number of hydrogen-bond acceptors (Lipinski definition) is 7. The number of rotatable bonds is 8. The fourth-order valence-corrected chi connectivity index (χ4v) is 4.05. The van der Waals surface area contributed by atoms with Crippen LogP contribution in [0.5, 0.6) is 0 Å². The summed E-state index contributed by atoms with van der Waals surface area (Å²) in [4.78, 5) is 1.91. The highest BCUT2D eigenvalue weighted by Crippen LogP contribution is 2.28. The second kappa shape index (κ2) is 10.9. The molecule has 0 aliphatic carbocycles. The van der Waals surface area contributed by atoms with Crippen LogP contribution in [-0.2, 0) is 0 Å². The SMILES string of the molecule is CC(C)CC(CC(C)(C)N)N(C)C(=N)SC(=N)c1ccc(N(N)/C=C\N)cc1Cl. The first-order valence-corrected chi connectivity index (χ1v) is 10.6. The lowest BCUT2D eigenvalue weighted by atomic mass is 9.90. The zero-order valence-corrected chi connectivity index (χ0v) is 19.4. The van der Waals surface area contributed by atoms with Crippen molar-refractivity contribution in [2.24, 2.45) is 23.2 Å². The fraction of sp³-hybridized carbons (Fsp3) is 0.500. The fourth-order valence-electron chi connectivity index (χ4n) is 2.95. The highest BCUT2D eigenvalue weighted by Gasteiger charge is 2.26. The quantitative estimate of drug-likeness (QED) is 0.180. The van der Waals surface area contributed by atoms with Gasteiger partial charge in [0.25, 0.3) is 0 Å². The summed E-state index contributed by atoms with van der Waals surface area (Å²) >= 11 is 7.43. The molecule has 7 nitrogen and oxygen atoms in total. The van der Waals surface area contributed by atoms with Gasteiger partial charge in [0, 0.05) is 36.6 Å². The van der Waals surface area contributed by atoms with Crippen molar-refractivity contribution in [1.82, 2.24) is 4.90 Å². The third-order valence-electron chi connectivity index (χ3n) is 4.31. The lowest BCUT2D eigenvalue weighted by Gasteiger charge is -2.35. The molecule has 0 aromatic heterocycles. The van der Waals surface area contributed by atoms with Gasteiger partial charge in [0.2, 0.25) is 0 Å². The van der Waals surface area contributed by atoms with Gasteiger partial charge in [0.1, 0.15) is 5.04 Å². The molecule has 8 N–H and O–H groups in total. The van der Waals surface area contributed by atoms with Crippen LogP contribution in [0.4, 0.5) is 5.69 Å². The maximum absolute atomic E-state index is 8.51. The van der Waals surface area contributed by atoms with Gasteiger partial charge in [-0.2, -0.15) is 0 Å². The molecule has 0 heterocycles. The number of thioether (sulfide) groups is 1. The van der Waals surface area contributed by atoms with Gasteiger partial charge in [-0.15, -0.1) is 0 Å². The summed E-state index contributed by atoms with van der Waals surface area (Å²) in [6, 6.07) is 5.26. The summed E-state index contributed by atoms with van der Waals surface area (Å²) in [5.74, 6) is 6.32. The molecule has 162 valence electrons. The van der Waals surface area contributed by atoms with Gasteiger partial charge in [-0.1, -0.05) is 25.4 Å². The number of hydrogen-bond donors (Lipinski definition) is 5. The van der Waals surface area contributed by atoms with Crippen molar-refractivity contribution in [2.75, 3.05) is 12.1 Å². The van der Waals surface area contributed by atoms with Crippen LogP contribution in [0.1, 0.15) is 46.1 Å². The Labute approximate surface area is 183 Å². The van der Waals surface area contributed by atoms with Crippen LogP contribution in [0, 0.1) is 16.7 Å². The number of halogens is 1. The Hall–Kier alpha value is -1.74. The molecule has 1 rings (SSSR count). The predicted molar refractivity (Wildman–Crippen MR) is 127 cm³/mol. The number of anilines is 1. The first-order chi connectivity index (χ1) is 13.4. The summed E-state index contributed by atoms with van der Waals surface area (Å²) in [5, 5.41) is 19.1. The van der Waals surface area contributed by atoms with Gasteiger partial charge in [-0.05, 0) is 62.6 Å². The van der Waals surface area contributed by atoms with E-state index in [2.05, 4.69) is 13.8 Å². The Bertz CT molecular complexity index is 743. The first kappa shape index (κ1) is 25.3. The smallest absolute Gasteiger partial charge is 0.162 e. The average Bonchev–Trinajstić information content (AvgIpc) is 2.58. The summed E-state index contributed by atoms with van der Waals surface area (Å²) in [6.07, 6.45) is 4.51. The molecule has 0 radical (unpaired) electrons. The Morgan fingerprint density at radius 1 is 1.31 bits per heavy atom. The van der Waals surface area contributed by atoms with Crippen molar-refractivity contribution in [3.63, 3.8) is 0 Å². The van der Waals surface area contributed by atoms with Crippen LogP contribution in [0.3, 0.4) is 0 Å². The van der Waals surface area contributed by atoms with E-state index in [4.69, 9.17) is 39.7 Å². The largest absolute Gasteiger partial charge is 0.403 e. The van der Waals surface area contributed by atoms with Crippen LogP contribution in [-0.4, -0.2) is 33.7 Å². The third kappa shape index (κ3) is 8.26. The van der Waals surface area contributed by atoms with Crippen molar-refractivity contribution in [2.45, 2.75) is 52.1 Å². The predicted octanol–water partition coefficient (Wildman–Crippen LogP) is 3.92. The normalized spacial score (nSPS) is 13.0. The zero-order chi connectivity index (χ0) is 22.4. The third-order valence-corrected chi connectivity index (χ3v) is 5.53.